The minimum absolute atomic E-state index is 0.0690. The van der Waals surface area contributed by atoms with Crippen molar-refractivity contribution >= 4 is 11.9 Å². The number of halogens is 1. The summed E-state index contributed by atoms with van der Waals surface area (Å²) in [5.74, 6) is 0.00844. The van der Waals surface area contributed by atoms with Crippen LogP contribution in [0.15, 0.2) is 72.8 Å². The third-order valence-corrected chi connectivity index (χ3v) is 6.93. The number of para-hydroxylation sites is 1. The molecular formula is C30H34FN3O3. The molecule has 0 saturated carbocycles. The van der Waals surface area contributed by atoms with Crippen molar-refractivity contribution in [3.8, 4) is 5.75 Å². The molecule has 1 aliphatic heterocycles. The number of hydrogen-bond donors (Lipinski definition) is 2. The average molecular weight is 504 g/mol. The number of nitrogens with zero attached hydrogens (tertiary/aromatic N) is 1. The van der Waals surface area contributed by atoms with Crippen LogP contribution in [0.5, 0.6) is 5.75 Å². The van der Waals surface area contributed by atoms with Gasteiger partial charge in [0.05, 0.1) is 13.0 Å². The highest BCUT2D eigenvalue weighted by atomic mass is 19.1. The van der Waals surface area contributed by atoms with E-state index in [1.807, 2.05) is 60.7 Å². The summed E-state index contributed by atoms with van der Waals surface area (Å²) < 4.78 is 19.3. The van der Waals surface area contributed by atoms with Gasteiger partial charge in [-0.1, -0.05) is 60.7 Å². The molecule has 2 N–H and O–H groups in total. The van der Waals surface area contributed by atoms with E-state index in [-0.39, 0.29) is 29.6 Å². The van der Waals surface area contributed by atoms with E-state index >= 15 is 0 Å². The summed E-state index contributed by atoms with van der Waals surface area (Å²) in [4.78, 5) is 28.1. The standard InChI is InChI=1S/C30H34FN3O3/c1-21-16-24(12-13-27(21)31)25-17-26(29(35)32-15-14-23-10-6-7-11-28(23)37-2)20-34(19-25)30(36)33-18-22-8-4-3-5-9-22/h3-13,16,25-26H,14-15,17-20H2,1-2H3,(H,32,35)(H,33,36). The fourth-order valence-corrected chi connectivity index (χ4v) is 4.88. The number of piperidine rings is 1. The van der Waals surface area contributed by atoms with Crippen LogP contribution in [-0.4, -0.2) is 43.6 Å². The largest absolute Gasteiger partial charge is 0.496 e. The van der Waals surface area contributed by atoms with Gasteiger partial charge in [0.15, 0.2) is 0 Å². The van der Waals surface area contributed by atoms with Gasteiger partial charge in [-0.25, -0.2) is 9.18 Å². The highest BCUT2D eigenvalue weighted by Gasteiger charge is 2.34. The first-order valence-corrected chi connectivity index (χ1v) is 12.7. The second-order valence-corrected chi connectivity index (χ2v) is 9.54. The molecule has 3 amide bonds. The number of carbonyl (C=O) groups excluding carboxylic acids is 2. The van der Waals surface area contributed by atoms with Crippen LogP contribution in [0.25, 0.3) is 0 Å². The first-order chi connectivity index (χ1) is 17.9. The molecule has 0 aromatic heterocycles. The molecule has 1 aliphatic rings. The Balaban J connectivity index is 1.44. The quantitative estimate of drug-likeness (QED) is 0.463. The Hall–Kier alpha value is -3.87. The molecule has 194 valence electrons. The van der Waals surface area contributed by atoms with E-state index in [0.717, 1.165) is 22.4 Å². The Morgan fingerprint density at radius 1 is 1.00 bits per heavy atom. The second-order valence-electron chi connectivity index (χ2n) is 9.54. The van der Waals surface area contributed by atoms with Gasteiger partial charge >= 0.3 is 6.03 Å². The molecule has 0 spiro atoms. The van der Waals surface area contributed by atoms with Crippen molar-refractivity contribution in [3.05, 3.63) is 101 Å². The Labute approximate surface area is 217 Å². The SMILES string of the molecule is COc1ccccc1CCNC(=O)C1CC(c2ccc(F)c(C)c2)CN(C(=O)NCc2ccccc2)C1. The van der Waals surface area contributed by atoms with Crippen molar-refractivity contribution in [2.45, 2.75) is 32.2 Å². The molecule has 1 heterocycles. The summed E-state index contributed by atoms with van der Waals surface area (Å²) >= 11 is 0. The number of amides is 3. The molecule has 2 atom stereocenters. The number of nitrogens with one attached hydrogen (secondary N) is 2. The number of likely N-dealkylation sites (tertiary alicyclic amines) is 1. The maximum Gasteiger partial charge on any atom is 0.317 e. The van der Waals surface area contributed by atoms with Gasteiger partial charge in [0.1, 0.15) is 11.6 Å². The monoisotopic (exact) mass is 503 g/mol. The third-order valence-electron chi connectivity index (χ3n) is 6.93. The fourth-order valence-electron chi connectivity index (χ4n) is 4.88. The topological polar surface area (TPSA) is 70.7 Å². The van der Waals surface area contributed by atoms with Crippen LogP contribution in [0.4, 0.5) is 9.18 Å². The zero-order chi connectivity index (χ0) is 26.2. The molecule has 0 aliphatic carbocycles. The van der Waals surface area contributed by atoms with Crippen LogP contribution >= 0.6 is 0 Å². The van der Waals surface area contributed by atoms with Gasteiger partial charge in [0.25, 0.3) is 0 Å². The smallest absolute Gasteiger partial charge is 0.317 e. The van der Waals surface area contributed by atoms with Crippen molar-refractivity contribution < 1.29 is 18.7 Å². The average Bonchev–Trinajstić information content (AvgIpc) is 2.93. The zero-order valence-corrected chi connectivity index (χ0v) is 21.4. The first-order valence-electron chi connectivity index (χ1n) is 12.7. The summed E-state index contributed by atoms with van der Waals surface area (Å²) in [6.45, 7) is 3.41. The highest BCUT2D eigenvalue weighted by Crippen LogP contribution is 2.31. The number of urea groups is 1. The summed E-state index contributed by atoms with van der Waals surface area (Å²) in [6.07, 6.45) is 1.23. The third kappa shape index (κ3) is 6.88. The molecule has 4 rings (SSSR count). The van der Waals surface area contributed by atoms with Crippen LogP contribution in [0.1, 0.15) is 34.6 Å². The van der Waals surface area contributed by atoms with Crippen LogP contribution in [-0.2, 0) is 17.8 Å². The molecule has 6 nitrogen and oxygen atoms in total. The van der Waals surface area contributed by atoms with Crippen LogP contribution in [0.2, 0.25) is 0 Å². The van der Waals surface area contributed by atoms with Crippen molar-refractivity contribution in [1.29, 1.82) is 0 Å². The predicted molar refractivity (Wildman–Crippen MR) is 142 cm³/mol. The van der Waals surface area contributed by atoms with Crippen molar-refractivity contribution in [2.75, 3.05) is 26.7 Å². The van der Waals surface area contributed by atoms with E-state index in [1.165, 1.54) is 6.07 Å². The molecule has 1 saturated heterocycles. The molecule has 7 heteroatoms. The summed E-state index contributed by atoms with van der Waals surface area (Å²) in [5.41, 5.74) is 3.52. The zero-order valence-electron chi connectivity index (χ0n) is 21.4. The molecule has 37 heavy (non-hydrogen) atoms. The maximum absolute atomic E-state index is 13.9. The Morgan fingerprint density at radius 2 is 1.76 bits per heavy atom. The van der Waals surface area contributed by atoms with Gasteiger partial charge in [-0.2, -0.15) is 0 Å². The lowest BCUT2D eigenvalue weighted by atomic mass is 9.83. The lowest BCUT2D eigenvalue weighted by Crippen LogP contribution is -2.51. The minimum atomic E-state index is -0.371. The number of rotatable bonds is 8. The minimum Gasteiger partial charge on any atom is -0.496 e. The number of carbonyl (C=O) groups is 2. The number of methoxy groups -OCH3 is 1. The Kier molecular flexibility index (Phi) is 8.77. The summed E-state index contributed by atoms with van der Waals surface area (Å²) in [6, 6.07) is 22.3. The molecule has 3 aromatic rings. The van der Waals surface area contributed by atoms with Crippen molar-refractivity contribution in [2.24, 2.45) is 5.92 Å². The van der Waals surface area contributed by atoms with Crippen molar-refractivity contribution in [3.63, 3.8) is 0 Å². The van der Waals surface area contributed by atoms with E-state index in [1.54, 1.807) is 25.0 Å². The normalized spacial score (nSPS) is 17.2. The number of aryl methyl sites for hydroxylation is 1. The molecule has 0 bridgehead atoms. The molecule has 1 fully saturated rings. The van der Waals surface area contributed by atoms with Crippen LogP contribution in [0.3, 0.4) is 0 Å². The summed E-state index contributed by atoms with van der Waals surface area (Å²) in [5, 5.41) is 6.03. The van der Waals surface area contributed by atoms with E-state index < -0.39 is 0 Å². The van der Waals surface area contributed by atoms with Crippen LogP contribution in [0, 0.1) is 18.7 Å². The van der Waals surface area contributed by atoms with E-state index in [4.69, 9.17) is 4.74 Å². The molecule has 3 aromatic carbocycles. The highest BCUT2D eigenvalue weighted by molar-refractivity contribution is 5.81. The number of benzene rings is 3. The number of hydrogen-bond acceptors (Lipinski definition) is 3. The van der Waals surface area contributed by atoms with E-state index in [9.17, 15) is 14.0 Å². The van der Waals surface area contributed by atoms with Gasteiger partial charge < -0.3 is 20.3 Å². The summed E-state index contributed by atoms with van der Waals surface area (Å²) in [7, 11) is 1.63. The van der Waals surface area contributed by atoms with Gasteiger partial charge in [-0.15, -0.1) is 0 Å². The predicted octanol–water partition coefficient (Wildman–Crippen LogP) is 4.82. The molecular weight excluding hydrogens is 469 g/mol. The van der Waals surface area contributed by atoms with Gasteiger partial charge in [0.2, 0.25) is 5.91 Å². The van der Waals surface area contributed by atoms with Crippen LogP contribution < -0.4 is 15.4 Å². The van der Waals surface area contributed by atoms with Gasteiger partial charge in [-0.05, 0) is 54.2 Å². The Morgan fingerprint density at radius 3 is 2.51 bits per heavy atom. The lowest BCUT2D eigenvalue weighted by molar-refractivity contribution is -0.126. The Bertz CT molecular complexity index is 1220. The molecule has 2 unspecified atom stereocenters. The van der Waals surface area contributed by atoms with Crippen molar-refractivity contribution in [1.82, 2.24) is 15.5 Å². The second kappa shape index (κ2) is 12.4. The molecule has 0 radical (unpaired) electrons. The number of ether oxygens (including phenoxy) is 1. The van der Waals surface area contributed by atoms with Gasteiger partial charge in [0, 0.05) is 32.1 Å². The fraction of sp³-hybridized carbons (Fsp3) is 0.333. The van der Waals surface area contributed by atoms with E-state index in [2.05, 4.69) is 10.6 Å². The first kappa shape index (κ1) is 26.2. The maximum atomic E-state index is 13.9. The van der Waals surface area contributed by atoms with E-state index in [0.29, 0.717) is 44.6 Å². The lowest BCUT2D eigenvalue weighted by Gasteiger charge is -2.37. The van der Waals surface area contributed by atoms with Gasteiger partial charge in [-0.3, -0.25) is 4.79 Å².